The highest BCUT2D eigenvalue weighted by atomic mass is 127. The van der Waals surface area contributed by atoms with Crippen molar-refractivity contribution in [3.05, 3.63) is 63.9 Å². The van der Waals surface area contributed by atoms with Gasteiger partial charge in [0.25, 0.3) is 0 Å². The Morgan fingerprint density at radius 2 is 1.97 bits per heavy atom. The van der Waals surface area contributed by atoms with Gasteiger partial charge in [0.1, 0.15) is 5.15 Å². The predicted molar refractivity (Wildman–Crippen MR) is 136 cm³/mol. The van der Waals surface area contributed by atoms with E-state index in [1.54, 1.807) is 0 Å². The fourth-order valence-corrected chi connectivity index (χ4v) is 3.87. The van der Waals surface area contributed by atoms with Crippen LogP contribution in [0.4, 0.5) is 0 Å². The average Bonchev–Trinajstić information content (AvgIpc) is 2.74. The summed E-state index contributed by atoms with van der Waals surface area (Å²) in [6.07, 6.45) is 4.53. The predicted octanol–water partition coefficient (Wildman–Crippen LogP) is 4.85. The second-order valence-electron chi connectivity index (χ2n) is 7.26. The fourth-order valence-electron chi connectivity index (χ4n) is 3.57. The third kappa shape index (κ3) is 7.25. The lowest BCUT2D eigenvalue weighted by Gasteiger charge is -2.36. The SMILES string of the molecule is CCNC(=NCC1(c2cccc(Cl)c2)CCOCC1)NCCc1ccc(Cl)nc1.I. The molecule has 0 aliphatic carbocycles. The van der Waals surface area contributed by atoms with Gasteiger partial charge in [-0.3, -0.25) is 4.99 Å². The van der Waals surface area contributed by atoms with Crippen LogP contribution in [-0.2, 0) is 16.6 Å². The van der Waals surface area contributed by atoms with Crippen molar-refractivity contribution in [1.82, 2.24) is 15.6 Å². The first kappa shape index (κ1) is 25.2. The summed E-state index contributed by atoms with van der Waals surface area (Å²) in [5.41, 5.74) is 2.32. The van der Waals surface area contributed by atoms with E-state index >= 15 is 0 Å². The maximum atomic E-state index is 6.27. The van der Waals surface area contributed by atoms with Crippen molar-refractivity contribution in [1.29, 1.82) is 0 Å². The van der Waals surface area contributed by atoms with Crippen LogP contribution in [0.5, 0.6) is 0 Å². The molecule has 1 aromatic carbocycles. The van der Waals surface area contributed by atoms with Gasteiger partial charge in [0.05, 0.1) is 6.54 Å². The standard InChI is InChI=1S/C22H28Cl2N4O.HI/c1-2-25-21(26-11-8-17-6-7-20(24)27-15-17)28-16-22(9-12-29-13-10-22)18-4-3-5-19(23)14-18;/h3-7,14-15H,2,8-13,16H2,1H3,(H2,25,26,28);1H. The normalized spacial score (nSPS) is 15.9. The molecule has 1 aliphatic heterocycles. The van der Waals surface area contributed by atoms with Crippen LogP contribution in [0.1, 0.15) is 30.9 Å². The van der Waals surface area contributed by atoms with Crippen molar-refractivity contribution < 1.29 is 4.74 Å². The third-order valence-electron chi connectivity index (χ3n) is 5.27. The monoisotopic (exact) mass is 562 g/mol. The molecule has 0 amide bonds. The number of halogens is 3. The fraction of sp³-hybridized carbons (Fsp3) is 0.455. The molecule has 2 N–H and O–H groups in total. The topological polar surface area (TPSA) is 58.5 Å². The van der Waals surface area contributed by atoms with Gasteiger partial charge < -0.3 is 15.4 Å². The molecule has 30 heavy (non-hydrogen) atoms. The molecule has 164 valence electrons. The molecule has 0 radical (unpaired) electrons. The molecule has 8 heteroatoms. The molecule has 0 spiro atoms. The summed E-state index contributed by atoms with van der Waals surface area (Å²) < 4.78 is 5.63. The molecular weight excluding hydrogens is 534 g/mol. The Morgan fingerprint density at radius 3 is 2.63 bits per heavy atom. The number of pyridine rings is 1. The van der Waals surface area contributed by atoms with E-state index in [9.17, 15) is 0 Å². The average molecular weight is 563 g/mol. The largest absolute Gasteiger partial charge is 0.381 e. The van der Waals surface area contributed by atoms with Gasteiger partial charge in [-0.25, -0.2) is 4.98 Å². The summed E-state index contributed by atoms with van der Waals surface area (Å²) in [7, 11) is 0. The van der Waals surface area contributed by atoms with Gasteiger partial charge in [0.2, 0.25) is 0 Å². The van der Waals surface area contributed by atoms with E-state index in [-0.39, 0.29) is 29.4 Å². The number of nitrogens with zero attached hydrogens (tertiary/aromatic N) is 2. The van der Waals surface area contributed by atoms with Gasteiger partial charge in [-0.2, -0.15) is 0 Å². The van der Waals surface area contributed by atoms with Crippen LogP contribution in [-0.4, -0.2) is 43.8 Å². The van der Waals surface area contributed by atoms with Crippen molar-refractivity contribution in [3.63, 3.8) is 0 Å². The molecule has 0 atom stereocenters. The summed E-state index contributed by atoms with van der Waals surface area (Å²) in [5, 5.41) is 8.04. The molecule has 1 aliphatic rings. The number of benzene rings is 1. The number of hydrogen-bond acceptors (Lipinski definition) is 3. The number of aromatic nitrogens is 1. The van der Waals surface area contributed by atoms with Gasteiger partial charge >= 0.3 is 0 Å². The molecule has 5 nitrogen and oxygen atoms in total. The lowest BCUT2D eigenvalue weighted by molar-refractivity contribution is 0.0531. The van der Waals surface area contributed by atoms with Crippen LogP contribution in [0.15, 0.2) is 47.6 Å². The quantitative estimate of drug-likeness (QED) is 0.219. The third-order valence-corrected chi connectivity index (χ3v) is 5.72. The Labute approximate surface area is 206 Å². The van der Waals surface area contributed by atoms with Crippen molar-refractivity contribution in [2.45, 2.75) is 31.6 Å². The highest BCUT2D eigenvalue weighted by Gasteiger charge is 2.34. The van der Waals surface area contributed by atoms with E-state index < -0.39 is 0 Å². The number of rotatable bonds is 7. The van der Waals surface area contributed by atoms with E-state index in [1.165, 1.54) is 5.56 Å². The Hall–Kier alpha value is -1.09. The lowest BCUT2D eigenvalue weighted by Crippen LogP contribution is -2.41. The molecule has 2 aromatic rings. The molecule has 1 saturated heterocycles. The maximum absolute atomic E-state index is 6.27. The molecule has 0 saturated carbocycles. The number of guanidine groups is 1. The summed E-state index contributed by atoms with van der Waals surface area (Å²) in [6, 6.07) is 12.0. The smallest absolute Gasteiger partial charge is 0.191 e. The summed E-state index contributed by atoms with van der Waals surface area (Å²) >= 11 is 12.1. The summed E-state index contributed by atoms with van der Waals surface area (Å²) in [6.45, 7) is 5.82. The zero-order chi connectivity index (χ0) is 20.5. The van der Waals surface area contributed by atoms with E-state index in [2.05, 4.69) is 34.7 Å². The number of aliphatic imine (C=N–C) groups is 1. The first-order valence-electron chi connectivity index (χ1n) is 10.1. The Kier molecular flexibility index (Phi) is 10.6. The summed E-state index contributed by atoms with van der Waals surface area (Å²) in [5.74, 6) is 0.822. The van der Waals surface area contributed by atoms with E-state index in [0.29, 0.717) is 11.7 Å². The molecule has 0 unspecified atom stereocenters. The molecule has 2 heterocycles. The van der Waals surface area contributed by atoms with E-state index in [1.807, 2.05) is 30.5 Å². The number of nitrogens with one attached hydrogen (secondary N) is 2. The minimum atomic E-state index is -0.0500. The highest BCUT2D eigenvalue weighted by Crippen LogP contribution is 2.36. The Morgan fingerprint density at radius 1 is 1.17 bits per heavy atom. The van der Waals surface area contributed by atoms with E-state index in [4.69, 9.17) is 32.9 Å². The zero-order valence-corrected chi connectivity index (χ0v) is 21.0. The van der Waals surface area contributed by atoms with Gasteiger partial charge in [0.15, 0.2) is 5.96 Å². The van der Waals surface area contributed by atoms with Crippen LogP contribution in [0.25, 0.3) is 0 Å². The van der Waals surface area contributed by atoms with Crippen molar-refractivity contribution >= 4 is 53.1 Å². The first-order valence-corrected chi connectivity index (χ1v) is 10.8. The van der Waals surface area contributed by atoms with Gasteiger partial charge in [-0.1, -0.05) is 41.4 Å². The van der Waals surface area contributed by atoms with Crippen LogP contribution >= 0.6 is 47.2 Å². The van der Waals surface area contributed by atoms with Crippen LogP contribution < -0.4 is 10.6 Å². The second kappa shape index (κ2) is 12.7. The first-order chi connectivity index (χ1) is 14.1. The lowest BCUT2D eigenvalue weighted by atomic mass is 9.74. The minimum Gasteiger partial charge on any atom is -0.381 e. The van der Waals surface area contributed by atoms with Crippen molar-refractivity contribution in [2.75, 3.05) is 32.8 Å². The maximum Gasteiger partial charge on any atom is 0.191 e. The molecule has 1 fully saturated rings. The zero-order valence-electron chi connectivity index (χ0n) is 17.2. The van der Waals surface area contributed by atoms with E-state index in [0.717, 1.165) is 62.1 Å². The molecular formula is C22H29Cl2IN4O. The molecule has 3 rings (SSSR count). The number of ether oxygens (including phenoxy) is 1. The van der Waals surface area contributed by atoms with Gasteiger partial charge in [-0.05, 0) is 55.5 Å². The van der Waals surface area contributed by atoms with Crippen LogP contribution in [0, 0.1) is 0 Å². The molecule has 0 bridgehead atoms. The highest BCUT2D eigenvalue weighted by molar-refractivity contribution is 14.0. The summed E-state index contributed by atoms with van der Waals surface area (Å²) in [4.78, 5) is 9.05. The number of hydrogen-bond donors (Lipinski definition) is 2. The Balaban J connectivity index is 0.00000320. The van der Waals surface area contributed by atoms with Gasteiger partial charge in [-0.15, -0.1) is 24.0 Å². The van der Waals surface area contributed by atoms with Crippen LogP contribution in [0.3, 0.4) is 0 Å². The molecule has 1 aromatic heterocycles. The minimum absolute atomic E-state index is 0. The van der Waals surface area contributed by atoms with Gasteiger partial charge in [0, 0.05) is 42.9 Å². The Bertz CT molecular complexity index is 811. The van der Waals surface area contributed by atoms with Crippen LogP contribution in [0.2, 0.25) is 10.2 Å². The second-order valence-corrected chi connectivity index (χ2v) is 8.09. The van der Waals surface area contributed by atoms with Crippen molar-refractivity contribution in [2.24, 2.45) is 4.99 Å². The van der Waals surface area contributed by atoms with Crippen molar-refractivity contribution in [3.8, 4) is 0 Å².